The van der Waals surface area contributed by atoms with Crippen LogP contribution in [0.3, 0.4) is 0 Å². The number of carboxylic acids is 1. The maximum absolute atomic E-state index is 10.6. The predicted molar refractivity (Wildman–Crippen MR) is 57.1 cm³/mol. The van der Waals surface area contributed by atoms with E-state index in [1.165, 1.54) is 6.42 Å². The topological polar surface area (TPSA) is 37.3 Å². The summed E-state index contributed by atoms with van der Waals surface area (Å²) >= 11 is 0. The highest BCUT2D eigenvalue weighted by Crippen LogP contribution is 2.44. The van der Waals surface area contributed by atoms with Crippen LogP contribution in [-0.2, 0) is 4.79 Å². The monoisotopic (exact) mass is 198 g/mol. The van der Waals surface area contributed by atoms with Gasteiger partial charge in [0.15, 0.2) is 0 Å². The Morgan fingerprint density at radius 2 is 1.93 bits per heavy atom. The molecule has 1 saturated carbocycles. The lowest BCUT2D eigenvalue weighted by atomic mass is 9.65. The van der Waals surface area contributed by atoms with Gasteiger partial charge in [-0.05, 0) is 36.5 Å². The van der Waals surface area contributed by atoms with Gasteiger partial charge in [0.25, 0.3) is 0 Å². The Morgan fingerprint density at radius 1 is 1.43 bits per heavy atom. The Morgan fingerprint density at radius 3 is 2.29 bits per heavy atom. The molecule has 0 bridgehead atoms. The quantitative estimate of drug-likeness (QED) is 0.753. The first-order valence-electron chi connectivity index (χ1n) is 5.55. The van der Waals surface area contributed by atoms with Gasteiger partial charge in [0, 0.05) is 0 Å². The van der Waals surface area contributed by atoms with Gasteiger partial charge in [-0.1, -0.05) is 27.7 Å². The fourth-order valence-corrected chi connectivity index (χ4v) is 2.08. The first-order chi connectivity index (χ1) is 6.33. The van der Waals surface area contributed by atoms with Gasteiger partial charge in [0.1, 0.15) is 0 Å². The zero-order chi connectivity index (χ0) is 10.9. The molecule has 2 heteroatoms. The zero-order valence-corrected chi connectivity index (χ0v) is 9.71. The average molecular weight is 198 g/mol. The number of hydrogen-bond acceptors (Lipinski definition) is 1. The van der Waals surface area contributed by atoms with Crippen molar-refractivity contribution in [3.8, 4) is 0 Å². The zero-order valence-electron chi connectivity index (χ0n) is 9.71. The Bertz CT molecular complexity index is 212. The second kappa shape index (κ2) is 3.92. The van der Waals surface area contributed by atoms with E-state index in [0.29, 0.717) is 17.3 Å². The van der Waals surface area contributed by atoms with Gasteiger partial charge < -0.3 is 5.11 Å². The smallest absolute Gasteiger partial charge is 0.306 e. The highest BCUT2D eigenvalue weighted by atomic mass is 16.4. The van der Waals surface area contributed by atoms with Crippen LogP contribution >= 0.6 is 0 Å². The standard InChI is InChI=1S/C12H22O2/c1-8(2)12(3,4)7-9-5-10(6-9)11(13)14/h8-10H,5-7H2,1-4H3,(H,13,14)/t9-,10+. The third-order valence-electron chi connectivity index (χ3n) is 3.96. The molecule has 0 atom stereocenters. The molecule has 82 valence electrons. The van der Waals surface area contributed by atoms with E-state index in [1.54, 1.807) is 0 Å². The maximum atomic E-state index is 10.6. The predicted octanol–water partition coefficient (Wildman–Crippen LogP) is 3.17. The van der Waals surface area contributed by atoms with E-state index in [1.807, 2.05) is 0 Å². The molecule has 0 aromatic carbocycles. The van der Waals surface area contributed by atoms with Crippen molar-refractivity contribution in [2.45, 2.75) is 47.0 Å². The Hall–Kier alpha value is -0.530. The van der Waals surface area contributed by atoms with E-state index in [0.717, 1.165) is 12.8 Å². The van der Waals surface area contributed by atoms with E-state index in [-0.39, 0.29) is 5.92 Å². The summed E-state index contributed by atoms with van der Waals surface area (Å²) in [6.45, 7) is 9.05. The minimum Gasteiger partial charge on any atom is -0.481 e. The first kappa shape index (κ1) is 11.5. The van der Waals surface area contributed by atoms with Crippen molar-refractivity contribution in [1.29, 1.82) is 0 Å². The number of aliphatic carboxylic acids is 1. The van der Waals surface area contributed by atoms with Gasteiger partial charge in [-0.15, -0.1) is 0 Å². The molecule has 14 heavy (non-hydrogen) atoms. The van der Waals surface area contributed by atoms with Crippen molar-refractivity contribution >= 4 is 5.97 Å². The number of carboxylic acid groups (broad SMARTS) is 1. The largest absolute Gasteiger partial charge is 0.481 e. The third-order valence-corrected chi connectivity index (χ3v) is 3.96. The molecule has 0 aliphatic heterocycles. The fraction of sp³-hybridized carbons (Fsp3) is 0.917. The molecule has 0 saturated heterocycles. The summed E-state index contributed by atoms with van der Waals surface area (Å²) in [6, 6.07) is 0. The van der Waals surface area contributed by atoms with Crippen LogP contribution in [0.5, 0.6) is 0 Å². The van der Waals surface area contributed by atoms with E-state index >= 15 is 0 Å². The SMILES string of the molecule is CC(C)C(C)(C)C[C@H]1C[C@@H](C(=O)O)C1. The lowest BCUT2D eigenvalue weighted by Crippen LogP contribution is -2.34. The molecule has 0 unspecified atom stereocenters. The molecule has 0 amide bonds. The van der Waals surface area contributed by atoms with Gasteiger partial charge in [-0.25, -0.2) is 0 Å². The van der Waals surface area contributed by atoms with Crippen molar-refractivity contribution in [2.75, 3.05) is 0 Å². The summed E-state index contributed by atoms with van der Waals surface area (Å²) < 4.78 is 0. The molecule has 0 aromatic heterocycles. The van der Waals surface area contributed by atoms with Crippen LogP contribution in [0, 0.1) is 23.2 Å². The van der Waals surface area contributed by atoms with Gasteiger partial charge in [-0.2, -0.15) is 0 Å². The molecule has 0 aromatic rings. The van der Waals surface area contributed by atoms with E-state index in [2.05, 4.69) is 27.7 Å². The summed E-state index contributed by atoms with van der Waals surface area (Å²) in [5.74, 6) is 0.659. The summed E-state index contributed by atoms with van der Waals surface area (Å²) in [7, 11) is 0. The minimum atomic E-state index is -0.608. The highest BCUT2D eigenvalue weighted by molar-refractivity contribution is 5.71. The van der Waals surface area contributed by atoms with Crippen molar-refractivity contribution in [3.05, 3.63) is 0 Å². The fourth-order valence-electron chi connectivity index (χ4n) is 2.08. The van der Waals surface area contributed by atoms with E-state index in [4.69, 9.17) is 5.11 Å². The Kier molecular flexibility index (Phi) is 3.23. The van der Waals surface area contributed by atoms with Gasteiger partial charge in [-0.3, -0.25) is 4.79 Å². The third kappa shape index (κ3) is 2.49. The van der Waals surface area contributed by atoms with Gasteiger partial charge in [0.05, 0.1) is 5.92 Å². The first-order valence-corrected chi connectivity index (χ1v) is 5.55. The number of carbonyl (C=O) groups is 1. The summed E-state index contributed by atoms with van der Waals surface area (Å²) in [4.78, 5) is 10.6. The molecule has 1 N–H and O–H groups in total. The summed E-state index contributed by atoms with van der Waals surface area (Å²) in [5, 5.41) is 8.76. The van der Waals surface area contributed by atoms with Crippen LogP contribution in [0.1, 0.15) is 47.0 Å². The molecule has 2 nitrogen and oxygen atoms in total. The van der Waals surface area contributed by atoms with Crippen molar-refractivity contribution < 1.29 is 9.90 Å². The van der Waals surface area contributed by atoms with Crippen LogP contribution < -0.4 is 0 Å². The lowest BCUT2D eigenvalue weighted by molar-refractivity contribution is -0.147. The molecular formula is C12H22O2. The molecule has 1 aliphatic carbocycles. The van der Waals surface area contributed by atoms with Crippen LogP contribution in [0.15, 0.2) is 0 Å². The van der Waals surface area contributed by atoms with Crippen molar-refractivity contribution in [1.82, 2.24) is 0 Å². The molecule has 0 spiro atoms. The lowest BCUT2D eigenvalue weighted by Gasteiger charge is -2.40. The number of hydrogen-bond donors (Lipinski definition) is 1. The van der Waals surface area contributed by atoms with Crippen LogP contribution in [0.4, 0.5) is 0 Å². The number of rotatable bonds is 4. The molecule has 0 heterocycles. The maximum Gasteiger partial charge on any atom is 0.306 e. The molecule has 0 radical (unpaired) electrons. The van der Waals surface area contributed by atoms with Crippen LogP contribution in [0.25, 0.3) is 0 Å². The van der Waals surface area contributed by atoms with Crippen molar-refractivity contribution in [2.24, 2.45) is 23.2 Å². The van der Waals surface area contributed by atoms with Crippen LogP contribution in [0.2, 0.25) is 0 Å². The molecule has 1 aliphatic rings. The second-order valence-corrected chi connectivity index (χ2v) is 5.72. The normalized spacial score (nSPS) is 27.5. The second-order valence-electron chi connectivity index (χ2n) is 5.72. The van der Waals surface area contributed by atoms with E-state index < -0.39 is 5.97 Å². The minimum absolute atomic E-state index is 0.0528. The summed E-state index contributed by atoms with van der Waals surface area (Å²) in [6.07, 6.45) is 2.96. The van der Waals surface area contributed by atoms with Gasteiger partial charge >= 0.3 is 5.97 Å². The highest BCUT2D eigenvalue weighted by Gasteiger charge is 2.38. The Balaban J connectivity index is 2.32. The molecular weight excluding hydrogens is 176 g/mol. The Labute approximate surface area is 86.7 Å². The van der Waals surface area contributed by atoms with Gasteiger partial charge in [0.2, 0.25) is 0 Å². The molecule has 1 fully saturated rings. The van der Waals surface area contributed by atoms with Crippen molar-refractivity contribution in [3.63, 3.8) is 0 Å². The van der Waals surface area contributed by atoms with E-state index in [9.17, 15) is 4.79 Å². The average Bonchev–Trinajstić information content (AvgIpc) is 1.94. The molecule has 1 rings (SSSR count). The van der Waals surface area contributed by atoms with Crippen LogP contribution in [-0.4, -0.2) is 11.1 Å². The summed E-state index contributed by atoms with van der Waals surface area (Å²) in [5.41, 5.74) is 0.355.